The monoisotopic (exact) mass is 552 g/mol. The van der Waals surface area contributed by atoms with Crippen LogP contribution in [0.2, 0.25) is 0 Å². The number of hydrogen-bond donors (Lipinski definition) is 3. The zero-order chi connectivity index (χ0) is 28.2. The number of nitrogens with zero attached hydrogens (tertiary/aromatic N) is 1. The molecular weight excluding hydrogens is 528 g/mol. The first-order chi connectivity index (χ1) is 18.6. The molecule has 12 nitrogen and oxygen atoms in total. The highest BCUT2D eigenvalue weighted by molar-refractivity contribution is 7.90. The van der Waals surface area contributed by atoms with Crippen LogP contribution in [0.15, 0.2) is 75.7 Å². The number of fused-ring (bicyclic) bond motifs is 1. The molecule has 0 saturated heterocycles. The second-order valence-electron chi connectivity index (χ2n) is 8.06. The number of methoxy groups -OCH3 is 2. The molecular formula is C26H24N4O8S. The fourth-order valence-corrected chi connectivity index (χ4v) is 4.44. The second kappa shape index (κ2) is 11.1. The van der Waals surface area contributed by atoms with E-state index in [-0.39, 0.29) is 23.0 Å². The highest BCUT2D eigenvalue weighted by atomic mass is 32.2. The first-order valence-corrected chi connectivity index (χ1v) is 12.7. The molecule has 1 amide bonds. The summed E-state index contributed by atoms with van der Waals surface area (Å²) in [5, 5.41) is 2.59. The number of guanidine groups is 1. The number of nitrogens with two attached hydrogens (primary N) is 2. The van der Waals surface area contributed by atoms with Crippen molar-refractivity contribution in [3.05, 3.63) is 77.5 Å². The van der Waals surface area contributed by atoms with Crippen molar-refractivity contribution in [2.45, 2.75) is 4.90 Å². The van der Waals surface area contributed by atoms with Crippen molar-refractivity contribution in [3.63, 3.8) is 0 Å². The Kier molecular flexibility index (Phi) is 7.72. The largest absolute Gasteiger partial charge is 0.497 e. The van der Waals surface area contributed by atoms with Crippen LogP contribution in [-0.4, -0.2) is 46.9 Å². The number of ether oxygens (including phenoxy) is 4. The fourth-order valence-electron chi connectivity index (χ4n) is 3.58. The van der Waals surface area contributed by atoms with Gasteiger partial charge in [-0.25, -0.2) is 0 Å². The first-order valence-electron chi connectivity index (χ1n) is 11.3. The minimum Gasteiger partial charge on any atom is -0.497 e. The van der Waals surface area contributed by atoms with Crippen LogP contribution >= 0.6 is 0 Å². The number of carbonyl (C=O) groups is 2. The average Bonchev–Trinajstić information content (AvgIpc) is 3.21. The topological polar surface area (TPSA) is 182 Å². The number of anilines is 1. The predicted octanol–water partition coefficient (Wildman–Crippen LogP) is 2.30. The Morgan fingerprint density at radius 2 is 1.74 bits per heavy atom. The van der Waals surface area contributed by atoms with Crippen LogP contribution in [0, 0.1) is 0 Å². The van der Waals surface area contributed by atoms with Crippen LogP contribution in [-0.2, 0) is 14.8 Å². The van der Waals surface area contributed by atoms with Crippen LogP contribution in [0.1, 0.15) is 15.9 Å². The predicted molar refractivity (Wildman–Crippen MR) is 142 cm³/mol. The molecule has 0 aliphatic carbocycles. The summed E-state index contributed by atoms with van der Waals surface area (Å²) in [5.74, 6) is 0.404. The van der Waals surface area contributed by atoms with E-state index in [2.05, 4.69) is 9.71 Å². The number of benzene rings is 3. The lowest BCUT2D eigenvalue weighted by molar-refractivity contribution is -0.118. The molecule has 0 unspecified atom stereocenters. The second-order valence-corrected chi connectivity index (χ2v) is 9.67. The summed E-state index contributed by atoms with van der Waals surface area (Å²) in [7, 11) is -1.07. The lowest BCUT2D eigenvalue weighted by atomic mass is 10.1. The van der Waals surface area contributed by atoms with Crippen molar-refractivity contribution in [1.29, 1.82) is 0 Å². The third-order valence-corrected chi connectivity index (χ3v) is 6.70. The summed E-state index contributed by atoms with van der Waals surface area (Å²) in [6.07, 6.45) is 1.57. The van der Waals surface area contributed by atoms with Crippen molar-refractivity contribution in [3.8, 4) is 23.0 Å². The highest BCUT2D eigenvalue weighted by Crippen LogP contribution is 2.36. The van der Waals surface area contributed by atoms with Crippen molar-refractivity contribution in [2.75, 3.05) is 26.1 Å². The zero-order valence-corrected chi connectivity index (χ0v) is 21.7. The van der Waals surface area contributed by atoms with Crippen LogP contribution in [0.3, 0.4) is 0 Å². The van der Waals surface area contributed by atoms with Crippen LogP contribution in [0.25, 0.3) is 6.08 Å². The molecule has 0 bridgehead atoms. The van der Waals surface area contributed by atoms with Crippen molar-refractivity contribution < 1.29 is 37.0 Å². The maximum atomic E-state index is 12.7. The minimum absolute atomic E-state index is 0.141. The number of ketones is 1. The lowest BCUT2D eigenvalue weighted by Gasteiger charge is -2.12. The molecule has 202 valence electrons. The Morgan fingerprint density at radius 1 is 1.00 bits per heavy atom. The summed E-state index contributed by atoms with van der Waals surface area (Å²) in [4.78, 5) is 24.9. The van der Waals surface area contributed by atoms with Gasteiger partial charge in [0.05, 0.1) is 24.7 Å². The molecule has 4 rings (SSSR count). The van der Waals surface area contributed by atoms with Gasteiger partial charge in [-0.3, -0.25) is 9.59 Å². The summed E-state index contributed by atoms with van der Waals surface area (Å²) >= 11 is 0. The Labute approximate surface area is 223 Å². The molecule has 13 heteroatoms. The van der Waals surface area contributed by atoms with Crippen molar-refractivity contribution in [1.82, 2.24) is 0 Å². The molecule has 5 N–H and O–H groups in total. The number of sulfonamides is 1. The van der Waals surface area contributed by atoms with E-state index in [1.54, 1.807) is 42.5 Å². The first kappa shape index (κ1) is 27.0. The van der Waals surface area contributed by atoms with Gasteiger partial charge in [0.25, 0.3) is 15.9 Å². The zero-order valence-electron chi connectivity index (χ0n) is 20.8. The SMILES string of the molecule is COc1ccc2c(c1)O/C(=C/c1ccc(OCC(=O)Nc3ccc(S(=O)(=O)N=C(N)N)cc3)c(OC)c1)C2=O. The van der Waals surface area contributed by atoms with E-state index >= 15 is 0 Å². The Balaban J connectivity index is 1.39. The quantitative estimate of drug-likeness (QED) is 0.202. The van der Waals surface area contributed by atoms with Gasteiger partial charge >= 0.3 is 0 Å². The number of nitrogens with one attached hydrogen (secondary N) is 1. The van der Waals surface area contributed by atoms with E-state index in [0.717, 1.165) is 0 Å². The number of carbonyl (C=O) groups excluding carboxylic acids is 2. The molecule has 3 aromatic rings. The van der Waals surface area contributed by atoms with Gasteiger partial charge in [-0.1, -0.05) is 6.07 Å². The van der Waals surface area contributed by atoms with Gasteiger partial charge in [0, 0.05) is 11.8 Å². The molecule has 1 aliphatic rings. The van der Waals surface area contributed by atoms with E-state index < -0.39 is 21.9 Å². The number of Topliss-reactive ketones (excluding diaryl/α,β-unsaturated/α-hetero) is 1. The molecule has 39 heavy (non-hydrogen) atoms. The summed E-state index contributed by atoms with van der Waals surface area (Å²) < 4.78 is 49.1. The Morgan fingerprint density at radius 3 is 2.41 bits per heavy atom. The third-order valence-electron chi connectivity index (χ3n) is 5.38. The van der Waals surface area contributed by atoms with Gasteiger partial charge in [-0.15, -0.1) is 4.40 Å². The van der Waals surface area contributed by atoms with Crippen LogP contribution in [0.5, 0.6) is 23.0 Å². The van der Waals surface area contributed by atoms with E-state index in [4.69, 9.17) is 30.4 Å². The number of amides is 1. The van der Waals surface area contributed by atoms with Crippen molar-refractivity contribution >= 4 is 39.4 Å². The van der Waals surface area contributed by atoms with E-state index in [1.165, 1.54) is 38.5 Å². The Hall–Kier alpha value is -5.04. The van der Waals surface area contributed by atoms with Gasteiger partial charge < -0.3 is 35.7 Å². The van der Waals surface area contributed by atoms with Gasteiger partial charge in [0.15, 0.2) is 23.9 Å². The molecule has 0 radical (unpaired) electrons. The van der Waals surface area contributed by atoms with Crippen LogP contribution < -0.4 is 35.7 Å². The summed E-state index contributed by atoms with van der Waals surface area (Å²) in [5.41, 5.74) is 11.6. The smallest absolute Gasteiger partial charge is 0.285 e. The molecule has 0 saturated carbocycles. The maximum absolute atomic E-state index is 12.7. The van der Waals surface area contributed by atoms with Gasteiger partial charge in [0.2, 0.25) is 11.7 Å². The molecule has 0 spiro atoms. The highest BCUT2D eigenvalue weighted by Gasteiger charge is 2.27. The maximum Gasteiger partial charge on any atom is 0.285 e. The molecule has 1 heterocycles. The fraction of sp³-hybridized carbons (Fsp3) is 0.115. The summed E-state index contributed by atoms with van der Waals surface area (Å²) in [6, 6.07) is 15.1. The van der Waals surface area contributed by atoms with E-state index in [9.17, 15) is 18.0 Å². The number of rotatable bonds is 9. The standard InChI is InChI=1S/C26H24N4O8S/c1-35-17-6-9-19-21(13-17)38-23(25(19)32)12-15-3-10-20(22(11-15)36-2)37-14-24(31)29-16-4-7-18(8-5-16)39(33,34)30-26(27)28/h3-13H,14H2,1-2H3,(H,29,31)(H4,27,28,30)/b23-12+. The van der Waals surface area contributed by atoms with E-state index in [0.29, 0.717) is 39.8 Å². The Bertz CT molecular complexity index is 1590. The minimum atomic E-state index is -4.04. The lowest BCUT2D eigenvalue weighted by Crippen LogP contribution is -2.24. The van der Waals surface area contributed by atoms with Gasteiger partial charge in [-0.2, -0.15) is 8.42 Å². The van der Waals surface area contributed by atoms with Crippen LogP contribution in [0.4, 0.5) is 5.69 Å². The molecule has 0 fully saturated rings. The normalized spacial score (nSPS) is 13.3. The molecule has 1 aliphatic heterocycles. The van der Waals surface area contributed by atoms with Crippen molar-refractivity contribution in [2.24, 2.45) is 15.9 Å². The number of hydrogen-bond acceptors (Lipinski definition) is 8. The number of allylic oxidation sites excluding steroid dienone is 1. The summed E-state index contributed by atoms with van der Waals surface area (Å²) in [6.45, 7) is -0.358. The molecule has 0 aromatic heterocycles. The molecule has 0 atom stereocenters. The van der Waals surface area contributed by atoms with Gasteiger partial charge in [-0.05, 0) is 60.2 Å². The van der Waals surface area contributed by atoms with E-state index in [1.807, 2.05) is 0 Å². The van der Waals surface area contributed by atoms with Gasteiger partial charge in [0.1, 0.15) is 11.5 Å². The molecule has 3 aromatic carbocycles. The third kappa shape index (κ3) is 6.27. The average molecular weight is 553 g/mol.